The number of piperazine rings is 1. The van der Waals surface area contributed by atoms with Gasteiger partial charge in [0.1, 0.15) is 4.21 Å². The lowest BCUT2D eigenvalue weighted by molar-refractivity contribution is -0.131. The minimum atomic E-state index is -3.45. The average Bonchev–Trinajstić information content (AvgIpc) is 3.19. The van der Waals surface area contributed by atoms with Crippen LogP contribution in [0.4, 0.5) is 0 Å². The van der Waals surface area contributed by atoms with Crippen molar-refractivity contribution in [3.8, 4) is 0 Å². The van der Waals surface area contributed by atoms with Gasteiger partial charge in [0.25, 0.3) is 10.0 Å². The first-order valence-electron chi connectivity index (χ1n) is 7.01. The number of sulfonamides is 1. The van der Waals surface area contributed by atoms with Gasteiger partial charge in [-0.2, -0.15) is 15.6 Å². The highest BCUT2D eigenvalue weighted by atomic mass is 79.9. The molecule has 1 aliphatic rings. The molecule has 124 valence electrons. The van der Waals surface area contributed by atoms with Gasteiger partial charge in [0.2, 0.25) is 5.91 Å². The highest BCUT2D eigenvalue weighted by molar-refractivity contribution is 9.11. The second-order valence-corrected chi connectivity index (χ2v) is 10.6. The van der Waals surface area contributed by atoms with Gasteiger partial charge in [-0.15, -0.1) is 11.3 Å². The van der Waals surface area contributed by atoms with Crippen molar-refractivity contribution in [2.45, 2.75) is 10.6 Å². The summed E-state index contributed by atoms with van der Waals surface area (Å²) < 4.78 is 27.7. The minimum absolute atomic E-state index is 0.0549. The Kier molecular flexibility index (Phi) is 5.22. The van der Waals surface area contributed by atoms with Crippen molar-refractivity contribution in [1.29, 1.82) is 0 Å². The van der Waals surface area contributed by atoms with Crippen molar-refractivity contribution in [2.24, 2.45) is 0 Å². The summed E-state index contributed by atoms with van der Waals surface area (Å²) in [5.41, 5.74) is 1.01. The molecule has 1 fully saturated rings. The number of hydrogen-bond acceptors (Lipinski definition) is 5. The number of hydrogen-bond donors (Lipinski definition) is 0. The number of halogens is 1. The molecule has 0 spiro atoms. The molecule has 0 N–H and O–H groups in total. The van der Waals surface area contributed by atoms with E-state index >= 15 is 0 Å². The van der Waals surface area contributed by atoms with E-state index in [0.717, 1.165) is 9.35 Å². The maximum Gasteiger partial charge on any atom is 0.252 e. The lowest BCUT2D eigenvalue weighted by Gasteiger charge is -2.33. The topological polar surface area (TPSA) is 57.7 Å². The Morgan fingerprint density at radius 2 is 1.91 bits per heavy atom. The zero-order valence-electron chi connectivity index (χ0n) is 12.1. The van der Waals surface area contributed by atoms with Crippen LogP contribution in [0.5, 0.6) is 0 Å². The van der Waals surface area contributed by atoms with Crippen LogP contribution in [0.25, 0.3) is 0 Å². The Balaban J connectivity index is 1.61. The zero-order valence-corrected chi connectivity index (χ0v) is 16.2. The second-order valence-electron chi connectivity index (χ2n) is 5.15. The molecule has 5 nitrogen and oxygen atoms in total. The molecule has 3 heterocycles. The van der Waals surface area contributed by atoms with E-state index in [9.17, 15) is 13.2 Å². The van der Waals surface area contributed by atoms with Crippen LogP contribution in [0.2, 0.25) is 0 Å². The van der Waals surface area contributed by atoms with E-state index in [1.165, 1.54) is 15.6 Å². The normalized spacial score (nSPS) is 16.7. The molecule has 1 aliphatic heterocycles. The number of carbonyl (C=O) groups is 1. The molecule has 0 unspecified atom stereocenters. The predicted octanol–water partition coefficient (Wildman–Crippen LogP) is 2.65. The van der Waals surface area contributed by atoms with E-state index in [0.29, 0.717) is 36.8 Å². The van der Waals surface area contributed by atoms with Crippen LogP contribution in [-0.2, 0) is 21.2 Å². The second kappa shape index (κ2) is 7.02. The molecule has 1 amide bonds. The Hall–Kier alpha value is -0.740. The van der Waals surface area contributed by atoms with Gasteiger partial charge in [0.15, 0.2) is 0 Å². The molecule has 1 saturated heterocycles. The summed E-state index contributed by atoms with van der Waals surface area (Å²) in [5.74, 6) is 0.0549. The lowest BCUT2D eigenvalue weighted by atomic mass is 10.2. The predicted molar refractivity (Wildman–Crippen MR) is 95.4 cm³/mol. The molecule has 23 heavy (non-hydrogen) atoms. The van der Waals surface area contributed by atoms with Crippen LogP contribution in [0.3, 0.4) is 0 Å². The number of nitrogens with zero attached hydrogens (tertiary/aromatic N) is 2. The molecule has 3 rings (SSSR count). The molecule has 2 aromatic heterocycles. The average molecular weight is 435 g/mol. The maximum atomic E-state index is 12.5. The van der Waals surface area contributed by atoms with Gasteiger partial charge >= 0.3 is 0 Å². The van der Waals surface area contributed by atoms with Crippen molar-refractivity contribution in [2.75, 3.05) is 26.2 Å². The van der Waals surface area contributed by atoms with Crippen molar-refractivity contribution < 1.29 is 13.2 Å². The highest BCUT2D eigenvalue weighted by Gasteiger charge is 2.31. The Bertz CT molecular complexity index is 778. The summed E-state index contributed by atoms with van der Waals surface area (Å²) in [4.78, 5) is 14.0. The van der Waals surface area contributed by atoms with Gasteiger partial charge in [0, 0.05) is 26.2 Å². The van der Waals surface area contributed by atoms with E-state index < -0.39 is 10.0 Å². The third-order valence-corrected chi connectivity index (χ3v) is 8.39. The number of thiophene rings is 2. The van der Waals surface area contributed by atoms with Crippen molar-refractivity contribution in [3.63, 3.8) is 0 Å². The third kappa shape index (κ3) is 3.85. The van der Waals surface area contributed by atoms with Crippen LogP contribution in [0, 0.1) is 0 Å². The van der Waals surface area contributed by atoms with E-state index in [4.69, 9.17) is 0 Å². The number of amides is 1. The number of carbonyl (C=O) groups excluding carboxylic acids is 1. The van der Waals surface area contributed by atoms with E-state index in [2.05, 4.69) is 15.9 Å². The van der Waals surface area contributed by atoms with Gasteiger partial charge < -0.3 is 4.90 Å². The fourth-order valence-corrected chi connectivity index (χ4v) is 6.68. The molecule has 0 atom stereocenters. The molecule has 9 heteroatoms. The monoisotopic (exact) mass is 434 g/mol. The van der Waals surface area contributed by atoms with Crippen molar-refractivity contribution >= 4 is 54.5 Å². The molecule has 0 bridgehead atoms. The fourth-order valence-electron chi connectivity index (χ4n) is 2.42. The molecule has 0 aliphatic carbocycles. The van der Waals surface area contributed by atoms with E-state index in [-0.39, 0.29) is 5.91 Å². The highest BCUT2D eigenvalue weighted by Crippen LogP contribution is 2.29. The fraction of sp³-hybridized carbons (Fsp3) is 0.357. The van der Waals surface area contributed by atoms with Gasteiger partial charge in [-0.3, -0.25) is 4.79 Å². The van der Waals surface area contributed by atoms with Gasteiger partial charge in [-0.25, -0.2) is 8.42 Å². The Labute approximate surface area is 151 Å². The summed E-state index contributed by atoms with van der Waals surface area (Å²) >= 11 is 6.07. The molecule has 0 aromatic carbocycles. The molecular formula is C14H15BrN2O3S3. The third-order valence-electron chi connectivity index (χ3n) is 3.67. The van der Waals surface area contributed by atoms with E-state index in [1.54, 1.807) is 28.4 Å². The molecule has 0 saturated carbocycles. The largest absolute Gasteiger partial charge is 0.340 e. The smallest absolute Gasteiger partial charge is 0.252 e. The molecule has 0 radical (unpaired) electrons. The van der Waals surface area contributed by atoms with Gasteiger partial charge in [-0.1, -0.05) is 0 Å². The quantitative estimate of drug-likeness (QED) is 0.742. The van der Waals surface area contributed by atoms with Crippen molar-refractivity contribution in [1.82, 2.24) is 9.21 Å². The standard InChI is InChI=1S/C14H15BrN2O3S3/c15-12-1-2-14(22-12)23(19,20)17-6-4-16(5-7-17)13(18)9-11-3-8-21-10-11/h1-3,8,10H,4-7,9H2. The maximum absolute atomic E-state index is 12.5. The van der Waals surface area contributed by atoms with Gasteiger partial charge in [0.05, 0.1) is 10.2 Å². The van der Waals surface area contributed by atoms with Gasteiger partial charge in [-0.05, 0) is 50.5 Å². The first kappa shape index (κ1) is 17.1. The Morgan fingerprint density at radius 3 is 2.48 bits per heavy atom. The lowest BCUT2D eigenvalue weighted by Crippen LogP contribution is -2.50. The minimum Gasteiger partial charge on any atom is -0.340 e. The molecular weight excluding hydrogens is 420 g/mol. The van der Waals surface area contributed by atoms with E-state index in [1.807, 2.05) is 16.8 Å². The summed E-state index contributed by atoms with van der Waals surface area (Å²) in [7, 11) is -3.45. The van der Waals surface area contributed by atoms with Crippen LogP contribution < -0.4 is 0 Å². The first-order valence-corrected chi connectivity index (χ1v) is 11.0. The van der Waals surface area contributed by atoms with Crippen LogP contribution in [0.15, 0.2) is 37.0 Å². The molecule has 2 aromatic rings. The first-order chi connectivity index (χ1) is 11.0. The van der Waals surface area contributed by atoms with Crippen molar-refractivity contribution in [3.05, 3.63) is 38.3 Å². The Morgan fingerprint density at radius 1 is 1.17 bits per heavy atom. The summed E-state index contributed by atoms with van der Waals surface area (Å²) in [6, 6.07) is 5.29. The summed E-state index contributed by atoms with van der Waals surface area (Å²) in [6.45, 7) is 1.56. The SMILES string of the molecule is O=C(Cc1ccsc1)N1CCN(S(=O)(=O)c2ccc(Br)s2)CC1. The van der Waals surface area contributed by atoms with Crippen LogP contribution in [-0.4, -0.2) is 49.7 Å². The number of rotatable bonds is 4. The van der Waals surface area contributed by atoms with Crippen LogP contribution in [0.1, 0.15) is 5.56 Å². The zero-order chi connectivity index (χ0) is 16.4. The summed E-state index contributed by atoms with van der Waals surface area (Å²) in [5, 5.41) is 3.92. The summed E-state index contributed by atoms with van der Waals surface area (Å²) in [6.07, 6.45) is 0.383. The van der Waals surface area contributed by atoms with Crippen LogP contribution >= 0.6 is 38.6 Å².